The number of aliphatic hydroxyl groups excluding tert-OH is 2. The Morgan fingerprint density at radius 2 is 1.11 bits per heavy atom. The van der Waals surface area contributed by atoms with Gasteiger partial charge in [0.25, 0.3) is 0 Å². The summed E-state index contributed by atoms with van der Waals surface area (Å²) in [4.78, 5) is 8.47. The first kappa shape index (κ1) is 8.11. The van der Waals surface area contributed by atoms with Gasteiger partial charge in [0.15, 0.2) is 0 Å². The molecule has 0 saturated carbocycles. The van der Waals surface area contributed by atoms with E-state index in [-0.39, 0.29) is 13.2 Å². The maximum absolute atomic E-state index is 9.20. The van der Waals surface area contributed by atoms with Gasteiger partial charge in [0.2, 0.25) is 0 Å². The van der Waals surface area contributed by atoms with E-state index < -0.39 is 6.51 Å². The van der Waals surface area contributed by atoms with Crippen molar-refractivity contribution >= 4 is 0 Å². The summed E-state index contributed by atoms with van der Waals surface area (Å²) in [5.74, 6) is 0. The quantitative estimate of drug-likeness (QED) is 0.724. The molecule has 0 amide bonds. The van der Waals surface area contributed by atoms with Crippen molar-refractivity contribution in [2.75, 3.05) is 26.4 Å². The van der Waals surface area contributed by atoms with Crippen LogP contribution < -0.4 is 0 Å². The Balaban J connectivity index is 1.40. The van der Waals surface area contributed by atoms with Gasteiger partial charge in [-0.3, -0.25) is 0 Å². The van der Waals surface area contributed by atoms with Gasteiger partial charge >= 0.3 is 100 Å². The molecule has 10 aliphatic rings. The molecule has 4 nitrogen and oxygen atoms in total. The van der Waals surface area contributed by atoms with Crippen LogP contribution in [0.4, 0.5) is 0 Å². The van der Waals surface area contributed by atoms with E-state index in [0.717, 1.165) is 38.5 Å². The number of hydrogen-bond donors (Lipinski definition) is 2. The normalized spacial score (nSPS) is 112. The van der Waals surface area contributed by atoms with Gasteiger partial charge in [0, 0.05) is 0 Å². The molecule has 0 aliphatic carbocycles. The maximum atomic E-state index is 9.20. The fourth-order valence-electron chi connectivity index (χ4n) is 17.3. The molecule has 10 fully saturated rings. The molecule has 106 valence electrons. The van der Waals surface area contributed by atoms with E-state index in [2.05, 4.69) is 0 Å². The number of ether oxygens (including phenoxy) is 2. The van der Waals surface area contributed by atoms with Crippen LogP contribution >= 0.6 is 0 Å². The van der Waals surface area contributed by atoms with Gasteiger partial charge < -0.3 is 0 Å². The third-order valence-electron chi connectivity index (χ3n) is 15.4. The molecule has 0 aromatic carbocycles. The van der Waals surface area contributed by atoms with Crippen LogP contribution in [0.3, 0.4) is 0 Å². The molecule has 0 radical (unpaired) electrons. The van der Waals surface area contributed by atoms with Crippen LogP contribution in [0.5, 0.6) is 0 Å². The molecule has 10 heterocycles. The van der Waals surface area contributed by atoms with Crippen LogP contribution in [0.15, 0.2) is 0 Å². The van der Waals surface area contributed by atoms with Gasteiger partial charge in [0.1, 0.15) is 0 Å². The van der Waals surface area contributed by atoms with Gasteiger partial charge in [0.05, 0.1) is 0 Å². The summed E-state index contributed by atoms with van der Waals surface area (Å²) in [7, 11) is 0. The second-order valence-electron chi connectivity index (χ2n) is 10.8. The van der Waals surface area contributed by atoms with Gasteiger partial charge in [-0.1, -0.05) is 0 Å². The average molecular weight is 306 g/mol. The molecule has 1 spiro atoms. The molecule has 0 bridgehead atoms. The van der Waals surface area contributed by atoms with Crippen molar-refractivity contribution in [1.82, 2.24) is 0 Å². The number of rotatable bonds is 6. The molecule has 10 aliphatic heterocycles. The standard InChI is InChI=1S/2C7H9O2.Fe/c2*8-5-6-9-7-3-1-2-4-7;/h2*1-4,8H,5-6H2;. The molecular weight excluding hydrogens is 288 g/mol. The Morgan fingerprint density at radius 3 is 1.37 bits per heavy atom. The molecule has 0 aromatic heterocycles. The van der Waals surface area contributed by atoms with E-state index in [4.69, 9.17) is 9.47 Å². The second-order valence-corrected chi connectivity index (χ2v) is 33.9. The average Bonchev–Trinajstić information content (AvgIpc) is 3.36. The van der Waals surface area contributed by atoms with E-state index in [0.29, 0.717) is 22.2 Å². The van der Waals surface area contributed by atoms with Crippen molar-refractivity contribution in [3.63, 3.8) is 0 Å². The predicted octanol–water partition coefficient (Wildman–Crippen LogP) is 1.21. The van der Waals surface area contributed by atoms with Gasteiger partial charge in [-0.25, -0.2) is 0 Å². The minimum absolute atomic E-state index is 0.179. The Labute approximate surface area is 100 Å². The summed E-state index contributed by atoms with van der Waals surface area (Å²) >= 11 is 0. The monoisotopic (exact) mass is 306 g/mol. The SMILES string of the molecule is OCCO[C]12[CH]3[CH]4[CH]5[CH]1[Fe]45321678[CH]2[CH]1[CH]6[C]7(OCCO)[CH]28. The zero-order valence-electron chi connectivity index (χ0n) is 10.5. The summed E-state index contributed by atoms with van der Waals surface area (Å²) in [6, 6.07) is 0. The second kappa shape index (κ2) is 0.725. The van der Waals surface area contributed by atoms with E-state index in [1.54, 1.807) is 0 Å². The van der Waals surface area contributed by atoms with Crippen molar-refractivity contribution in [2.45, 2.75) is 47.5 Å². The summed E-state index contributed by atoms with van der Waals surface area (Å²) in [6.07, 6.45) is 0. The fourth-order valence-corrected chi connectivity index (χ4v) is 90.2. The molecule has 5 heteroatoms. The van der Waals surface area contributed by atoms with Crippen LogP contribution in [0, 0.1) is 0 Å². The molecular formula is C14H18FeO4. The van der Waals surface area contributed by atoms with Crippen LogP contribution in [-0.2, 0) is 16.0 Å². The molecule has 0 aromatic rings. The first-order chi connectivity index (χ1) is 9.05. The zero-order chi connectivity index (χ0) is 12.2. The molecule has 8 unspecified atom stereocenters. The van der Waals surface area contributed by atoms with Crippen molar-refractivity contribution in [2.24, 2.45) is 0 Å². The van der Waals surface area contributed by atoms with Gasteiger partial charge in [-0.2, -0.15) is 0 Å². The minimum atomic E-state index is -3.52. The van der Waals surface area contributed by atoms with Crippen LogP contribution in [0.1, 0.15) is 0 Å². The molecule has 8 atom stereocenters. The summed E-state index contributed by atoms with van der Waals surface area (Å²) in [5, 5.41) is 18.4. The van der Waals surface area contributed by atoms with Crippen molar-refractivity contribution < 1.29 is 26.2 Å². The Kier molecular flexibility index (Phi) is 0.310. The Hall–Kier alpha value is 0.359. The Morgan fingerprint density at radius 1 is 0.737 bits per heavy atom. The summed E-state index contributed by atoms with van der Waals surface area (Å²) in [6.45, 7) is -2.03. The van der Waals surface area contributed by atoms with E-state index in [1.807, 2.05) is 0 Å². The fraction of sp³-hybridized carbons (Fsp3) is 1.00. The number of aliphatic hydroxyl groups is 2. The van der Waals surface area contributed by atoms with E-state index in [1.165, 1.54) is 0 Å². The van der Waals surface area contributed by atoms with Crippen LogP contribution in [-0.4, -0.2) is 45.6 Å². The van der Waals surface area contributed by atoms with Crippen LogP contribution in [0.25, 0.3) is 0 Å². The molecule has 10 saturated heterocycles. The third-order valence-corrected chi connectivity index (χ3v) is 57.2. The van der Waals surface area contributed by atoms with E-state index in [9.17, 15) is 10.2 Å². The number of hydrogen-bond acceptors (Lipinski definition) is 4. The van der Waals surface area contributed by atoms with Gasteiger partial charge in [-0.05, 0) is 0 Å². The first-order valence-electron chi connectivity index (χ1n) is 7.76. The zero-order valence-corrected chi connectivity index (χ0v) is 11.6. The third kappa shape index (κ3) is 0.0880. The topological polar surface area (TPSA) is 58.9 Å². The molecule has 2 N–H and O–H groups in total. The summed E-state index contributed by atoms with van der Waals surface area (Å²) < 4.78 is 13.6. The molecule has 19 heavy (non-hydrogen) atoms. The van der Waals surface area contributed by atoms with Crippen molar-refractivity contribution in [3.8, 4) is 0 Å². The van der Waals surface area contributed by atoms with Crippen molar-refractivity contribution in [1.29, 1.82) is 0 Å². The Bertz CT molecular complexity index is 923. The number of fused-ring (bicyclic) bond motifs is 10. The first-order valence-corrected chi connectivity index (χ1v) is 14.0. The predicted molar refractivity (Wildman–Crippen MR) is 61.5 cm³/mol. The van der Waals surface area contributed by atoms with E-state index >= 15 is 0 Å². The molecule has 10 rings (SSSR count). The summed E-state index contributed by atoms with van der Waals surface area (Å²) in [5.41, 5.74) is 0. The van der Waals surface area contributed by atoms with Crippen LogP contribution in [0.2, 0.25) is 38.5 Å². The van der Waals surface area contributed by atoms with Gasteiger partial charge in [-0.15, -0.1) is 0 Å². The van der Waals surface area contributed by atoms with Crippen molar-refractivity contribution in [3.05, 3.63) is 0 Å².